The first-order chi connectivity index (χ1) is 15.5. The van der Waals surface area contributed by atoms with Crippen molar-refractivity contribution >= 4 is 23.4 Å². The molecule has 9 heteroatoms. The molecule has 2 saturated heterocycles. The van der Waals surface area contributed by atoms with E-state index in [1.807, 2.05) is 17.0 Å². The molecular formula is C23H29N5O4. The molecule has 0 bridgehead atoms. The van der Waals surface area contributed by atoms with Crippen molar-refractivity contribution in [1.29, 1.82) is 0 Å². The number of anilines is 1. The highest BCUT2D eigenvalue weighted by Gasteiger charge is 2.33. The lowest BCUT2D eigenvalue weighted by atomic mass is 9.98. The minimum absolute atomic E-state index is 0.0360. The maximum absolute atomic E-state index is 13.1. The number of carbonyl (C=O) groups excluding carboxylic acids is 3. The summed E-state index contributed by atoms with van der Waals surface area (Å²) < 4.78 is 6.70. The molecule has 1 unspecified atom stereocenters. The molecule has 0 saturated carbocycles. The second-order valence-corrected chi connectivity index (χ2v) is 8.33. The van der Waals surface area contributed by atoms with E-state index in [1.54, 1.807) is 24.1 Å². The summed E-state index contributed by atoms with van der Waals surface area (Å²) in [7, 11) is 1.60. The van der Waals surface area contributed by atoms with Crippen molar-refractivity contribution in [2.24, 2.45) is 5.92 Å². The van der Waals surface area contributed by atoms with Gasteiger partial charge in [-0.05, 0) is 43.5 Å². The zero-order chi connectivity index (χ0) is 22.7. The molecule has 2 aliphatic rings. The van der Waals surface area contributed by atoms with E-state index in [-0.39, 0.29) is 23.5 Å². The van der Waals surface area contributed by atoms with E-state index < -0.39 is 0 Å². The Kier molecular flexibility index (Phi) is 6.43. The lowest BCUT2D eigenvalue weighted by Gasteiger charge is -2.18. The molecule has 0 radical (unpaired) electrons. The van der Waals surface area contributed by atoms with Crippen molar-refractivity contribution in [1.82, 2.24) is 19.6 Å². The number of carbonyl (C=O) groups is 3. The van der Waals surface area contributed by atoms with Gasteiger partial charge < -0.3 is 20.3 Å². The predicted octanol–water partition coefficient (Wildman–Crippen LogP) is 1.90. The molecule has 170 valence electrons. The van der Waals surface area contributed by atoms with Gasteiger partial charge in [-0.15, -0.1) is 0 Å². The third-order valence-electron chi connectivity index (χ3n) is 6.29. The Labute approximate surface area is 187 Å². The summed E-state index contributed by atoms with van der Waals surface area (Å²) >= 11 is 0. The largest absolute Gasteiger partial charge is 0.497 e. The number of hydrogen-bond donors (Lipinski definition) is 1. The maximum Gasteiger partial charge on any atom is 0.222 e. The van der Waals surface area contributed by atoms with E-state index in [4.69, 9.17) is 10.5 Å². The average molecular weight is 440 g/mol. The van der Waals surface area contributed by atoms with E-state index in [0.717, 1.165) is 24.4 Å². The van der Waals surface area contributed by atoms with Gasteiger partial charge in [-0.2, -0.15) is 5.10 Å². The second-order valence-electron chi connectivity index (χ2n) is 8.33. The Bertz CT molecular complexity index is 1000. The Morgan fingerprint density at radius 1 is 1.22 bits per heavy atom. The summed E-state index contributed by atoms with van der Waals surface area (Å²) in [6.45, 7) is 2.37. The number of Topliss-reactive ketones (excluding diaryl/α,β-unsaturated/α-hetero) is 1. The number of rotatable bonds is 8. The standard InChI is InChI=1S/C23H29N5O4/c1-32-18-8-6-17(7-9-18)28-23(24)19(14-25-28)22(31)16-10-13-27(15-16)21(30)5-3-12-26-11-2-4-20(26)29/h6-9,14,16H,2-5,10-13,15,24H2,1H3. The predicted molar refractivity (Wildman–Crippen MR) is 119 cm³/mol. The Morgan fingerprint density at radius 2 is 2.00 bits per heavy atom. The number of methoxy groups -OCH3 is 1. The smallest absolute Gasteiger partial charge is 0.222 e. The first-order valence-corrected chi connectivity index (χ1v) is 11.1. The van der Waals surface area contributed by atoms with E-state index >= 15 is 0 Å². The van der Waals surface area contributed by atoms with Gasteiger partial charge in [0.25, 0.3) is 0 Å². The molecule has 2 N–H and O–H groups in total. The topological polar surface area (TPSA) is 111 Å². The highest BCUT2D eigenvalue weighted by atomic mass is 16.5. The third kappa shape index (κ3) is 4.46. The molecule has 3 heterocycles. The number of ether oxygens (including phenoxy) is 1. The first kappa shape index (κ1) is 21.9. The molecule has 2 aliphatic heterocycles. The minimum atomic E-state index is -0.282. The zero-order valence-electron chi connectivity index (χ0n) is 18.3. The van der Waals surface area contributed by atoms with Crippen LogP contribution in [-0.2, 0) is 9.59 Å². The van der Waals surface area contributed by atoms with Gasteiger partial charge in [-0.3, -0.25) is 14.4 Å². The molecule has 32 heavy (non-hydrogen) atoms. The van der Waals surface area contributed by atoms with Gasteiger partial charge in [0.15, 0.2) is 5.78 Å². The summed E-state index contributed by atoms with van der Waals surface area (Å²) in [5, 5.41) is 4.29. The number of aromatic nitrogens is 2. The van der Waals surface area contributed by atoms with Crippen LogP contribution < -0.4 is 10.5 Å². The number of nitrogens with two attached hydrogens (primary N) is 1. The monoisotopic (exact) mass is 439 g/mol. The van der Waals surface area contributed by atoms with Crippen LogP contribution in [0.1, 0.15) is 42.5 Å². The zero-order valence-corrected chi connectivity index (χ0v) is 18.3. The fourth-order valence-electron chi connectivity index (χ4n) is 4.42. The number of nitrogen functional groups attached to an aromatic ring is 1. The lowest BCUT2D eigenvalue weighted by Crippen LogP contribution is -2.31. The van der Waals surface area contributed by atoms with Gasteiger partial charge >= 0.3 is 0 Å². The molecule has 1 aromatic carbocycles. The summed E-state index contributed by atoms with van der Waals surface area (Å²) in [6, 6.07) is 7.25. The van der Waals surface area contributed by atoms with Crippen LogP contribution in [0, 0.1) is 5.92 Å². The van der Waals surface area contributed by atoms with Crippen molar-refractivity contribution < 1.29 is 19.1 Å². The number of nitrogens with zero attached hydrogens (tertiary/aromatic N) is 4. The molecule has 1 atom stereocenters. The van der Waals surface area contributed by atoms with Gasteiger partial charge in [0.2, 0.25) is 11.8 Å². The Hall–Kier alpha value is -3.36. The van der Waals surface area contributed by atoms with Gasteiger partial charge in [0.1, 0.15) is 11.6 Å². The van der Waals surface area contributed by atoms with Gasteiger partial charge in [-0.25, -0.2) is 4.68 Å². The van der Waals surface area contributed by atoms with Crippen LogP contribution in [0.4, 0.5) is 5.82 Å². The molecule has 2 amide bonds. The summed E-state index contributed by atoms with van der Waals surface area (Å²) in [5.74, 6) is 0.861. The molecule has 2 aromatic rings. The van der Waals surface area contributed by atoms with Crippen molar-refractivity contribution in [3.8, 4) is 11.4 Å². The van der Waals surface area contributed by atoms with Crippen LogP contribution in [0.2, 0.25) is 0 Å². The molecule has 0 spiro atoms. The Balaban J connectivity index is 1.33. The van der Waals surface area contributed by atoms with Crippen LogP contribution >= 0.6 is 0 Å². The number of hydrogen-bond acceptors (Lipinski definition) is 6. The highest BCUT2D eigenvalue weighted by Crippen LogP contribution is 2.26. The van der Waals surface area contributed by atoms with Gasteiger partial charge in [0, 0.05) is 44.9 Å². The van der Waals surface area contributed by atoms with Crippen molar-refractivity contribution in [3.05, 3.63) is 36.0 Å². The number of amides is 2. The molecule has 4 rings (SSSR count). The quantitative estimate of drug-likeness (QED) is 0.629. The van der Waals surface area contributed by atoms with Gasteiger partial charge in [0.05, 0.1) is 24.6 Å². The SMILES string of the molecule is COc1ccc(-n2ncc(C(=O)C3CCN(C(=O)CCCN4CCCC4=O)C3)c2N)cc1. The maximum atomic E-state index is 13.1. The number of ketones is 1. The van der Waals surface area contributed by atoms with E-state index in [9.17, 15) is 14.4 Å². The average Bonchev–Trinajstić information content (AvgIpc) is 3.54. The summed E-state index contributed by atoms with van der Waals surface area (Å²) in [6.07, 6.45) is 4.67. The normalized spacial score (nSPS) is 18.4. The van der Waals surface area contributed by atoms with Crippen LogP contribution in [0.15, 0.2) is 30.5 Å². The third-order valence-corrected chi connectivity index (χ3v) is 6.29. The molecule has 0 aliphatic carbocycles. The minimum Gasteiger partial charge on any atom is -0.497 e. The van der Waals surface area contributed by atoms with Crippen LogP contribution in [0.5, 0.6) is 5.75 Å². The molecule has 9 nitrogen and oxygen atoms in total. The van der Waals surface area contributed by atoms with E-state index in [1.165, 1.54) is 10.9 Å². The lowest BCUT2D eigenvalue weighted by molar-refractivity contribution is -0.131. The fourth-order valence-corrected chi connectivity index (χ4v) is 4.42. The number of benzene rings is 1. The molecule has 2 fully saturated rings. The summed E-state index contributed by atoms with van der Waals surface area (Å²) in [4.78, 5) is 40.9. The fraction of sp³-hybridized carbons (Fsp3) is 0.478. The first-order valence-electron chi connectivity index (χ1n) is 11.1. The molecule has 1 aromatic heterocycles. The van der Waals surface area contributed by atoms with Gasteiger partial charge in [-0.1, -0.05) is 0 Å². The second kappa shape index (κ2) is 9.42. The summed E-state index contributed by atoms with van der Waals surface area (Å²) in [5.41, 5.74) is 7.36. The highest BCUT2D eigenvalue weighted by molar-refractivity contribution is 6.02. The number of likely N-dealkylation sites (tertiary alicyclic amines) is 2. The van der Waals surface area contributed by atoms with E-state index in [2.05, 4.69) is 5.10 Å². The van der Waals surface area contributed by atoms with Crippen molar-refractivity contribution in [2.75, 3.05) is 39.0 Å². The van der Waals surface area contributed by atoms with E-state index in [0.29, 0.717) is 56.7 Å². The van der Waals surface area contributed by atoms with Crippen molar-refractivity contribution in [3.63, 3.8) is 0 Å². The van der Waals surface area contributed by atoms with Crippen LogP contribution in [-0.4, -0.2) is 70.5 Å². The molecular weight excluding hydrogens is 410 g/mol. The van der Waals surface area contributed by atoms with Crippen LogP contribution in [0.25, 0.3) is 5.69 Å². The Morgan fingerprint density at radius 3 is 2.69 bits per heavy atom. The van der Waals surface area contributed by atoms with Crippen molar-refractivity contribution in [2.45, 2.75) is 32.1 Å². The van der Waals surface area contributed by atoms with Crippen LogP contribution in [0.3, 0.4) is 0 Å².